The first-order valence-electron chi connectivity index (χ1n) is 12.7. The number of ether oxygens (including phenoxy) is 1. The van der Waals surface area contributed by atoms with Gasteiger partial charge in [0, 0.05) is 17.2 Å². The topological polar surface area (TPSA) is 68.1 Å². The van der Waals surface area contributed by atoms with Crippen LogP contribution < -0.4 is 4.74 Å². The molecule has 0 spiro atoms. The zero-order chi connectivity index (χ0) is 27.3. The molecule has 3 aromatic carbocycles. The van der Waals surface area contributed by atoms with Gasteiger partial charge in [-0.1, -0.05) is 0 Å². The molecule has 0 fully saturated rings. The largest absolute Gasteiger partial charge is 0.507 e. The maximum atomic E-state index is 10.9. The molecule has 5 nitrogen and oxygen atoms in total. The second-order valence-corrected chi connectivity index (χ2v) is 10.2. The number of hydrogen-bond donors (Lipinski definition) is 1. The van der Waals surface area contributed by atoms with Crippen molar-refractivity contribution in [2.75, 3.05) is 7.11 Å². The normalized spacial score (nSPS) is 11.2. The predicted octanol–water partition coefficient (Wildman–Crippen LogP) is 7.67. The molecular formula is C32H37N3O2. The summed E-state index contributed by atoms with van der Waals surface area (Å²) < 4.78 is 5.30. The minimum atomic E-state index is 0.0665. The Hall–Kier alpha value is -3.73. The first kappa shape index (κ1) is 26.3. The summed E-state index contributed by atoms with van der Waals surface area (Å²) in [5.74, 6) is 2.31. The van der Waals surface area contributed by atoms with Gasteiger partial charge in [0.25, 0.3) is 0 Å². The Morgan fingerprint density at radius 2 is 0.865 bits per heavy atom. The van der Waals surface area contributed by atoms with Crippen molar-refractivity contribution in [3.63, 3.8) is 0 Å². The summed E-state index contributed by atoms with van der Waals surface area (Å²) in [6.45, 7) is 21.5. The van der Waals surface area contributed by atoms with Gasteiger partial charge < -0.3 is 9.84 Å². The van der Waals surface area contributed by atoms with E-state index in [-0.39, 0.29) is 5.75 Å². The number of aromatic hydroxyl groups is 1. The van der Waals surface area contributed by atoms with E-state index in [0.29, 0.717) is 28.8 Å². The van der Waals surface area contributed by atoms with Gasteiger partial charge in [-0.15, -0.1) is 0 Å². The highest BCUT2D eigenvalue weighted by atomic mass is 16.5. The summed E-state index contributed by atoms with van der Waals surface area (Å²) in [6, 6.07) is 5.20. The Morgan fingerprint density at radius 3 is 1.22 bits per heavy atom. The smallest absolute Gasteiger partial charge is 0.167 e. The lowest BCUT2D eigenvalue weighted by atomic mass is 9.88. The Kier molecular flexibility index (Phi) is 6.85. The average Bonchev–Trinajstić information content (AvgIpc) is 2.88. The molecule has 192 valence electrons. The minimum Gasteiger partial charge on any atom is -0.507 e. The summed E-state index contributed by atoms with van der Waals surface area (Å²) in [6.07, 6.45) is 0. The molecule has 1 aromatic heterocycles. The Morgan fingerprint density at radius 1 is 0.514 bits per heavy atom. The summed E-state index contributed by atoms with van der Waals surface area (Å²) in [4.78, 5) is 15.0. The number of aromatic nitrogens is 3. The molecule has 1 N–H and O–H groups in total. The average molecular weight is 496 g/mol. The molecule has 4 aromatic rings. The van der Waals surface area contributed by atoms with Crippen LogP contribution in [0.4, 0.5) is 0 Å². The molecule has 0 aliphatic heterocycles. The van der Waals surface area contributed by atoms with Crippen LogP contribution in [0.3, 0.4) is 0 Å². The number of phenols is 1. The molecule has 5 heteroatoms. The molecule has 0 atom stereocenters. The maximum Gasteiger partial charge on any atom is 0.167 e. The van der Waals surface area contributed by atoms with Crippen LogP contribution in [0.5, 0.6) is 11.5 Å². The maximum absolute atomic E-state index is 10.9. The molecule has 0 unspecified atom stereocenters. The summed E-state index contributed by atoms with van der Waals surface area (Å²) in [5, 5.41) is 10.9. The van der Waals surface area contributed by atoms with Crippen molar-refractivity contribution < 1.29 is 9.84 Å². The molecule has 0 aliphatic rings. The number of methoxy groups -OCH3 is 1. The lowest BCUT2D eigenvalue weighted by Crippen LogP contribution is -2.08. The van der Waals surface area contributed by atoms with Gasteiger partial charge in [0.15, 0.2) is 17.5 Å². The third-order valence-corrected chi connectivity index (χ3v) is 8.53. The van der Waals surface area contributed by atoms with Gasteiger partial charge in [-0.3, -0.25) is 0 Å². The molecular weight excluding hydrogens is 458 g/mol. The Labute approximate surface area is 220 Å². The van der Waals surface area contributed by atoms with E-state index < -0.39 is 0 Å². The first-order chi connectivity index (χ1) is 17.4. The van der Waals surface area contributed by atoms with E-state index in [1.807, 2.05) is 6.07 Å². The summed E-state index contributed by atoms with van der Waals surface area (Å²) in [7, 11) is 1.58. The van der Waals surface area contributed by atoms with Crippen molar-refractivity contribution in [2.45, 2.75) is 69.2 Å². The highest BCUT2D eigenvalue weighted by molar-refractivity contribution is 5.77. The number of phenolic OH excluding ortho intramolecular Hbond substituents is 1. The van der Waals surface area contributed by atoms with Crippen molar-refractivity contribution in [1.82, 2.24) is 15.0 Å². The van der Waals surface area contributed by atoms with E-state index in [2.05, 4.69) is 69.2 Å². The molecule has 0 saturated heterocycles. The van der Waals surface area contributed by atoms with Crippen LogP contribution in [0, 0.1) is 69.2 Å². The molecule has 0 bridgehead atoms. The van der Waals surface area contributed by atoms with Crippen LogP contribution in [0.1, 0.15) is 55.6 Å². The Bertz CT molecular complexity index is 1420. The van der Waals surface area contributed by atoms with Gasteiger partial charge in [-0.2, -0.15) is 0 Å². The molecule has 4 rings (SSSR count). The van der Waals surface area contributed by atoms with Gasteiger partial charge in [-0.05, 0) is 137 Å². The standard InChI is InChI=1S/C32H37N3O2/c1-15-17(3)21(7)28(22(8)18(15)4)31-33-30(26-13-12-25(37-11)14-27(26)36)34-32(35-31)29-23(9)19(5)16(2)20(6)24(29)10/h12-14,36H,1-11H3. The number of nitrogens with zero attached hydrogens (tertiary/aromatic N) is 3. The van der Waals surface area contributed by atoms with Crippen LogP contribution in [0.2, 0.25) is 0 Å². The highest BCUT2D eigenvalue weighted by Gasteiger charge is 2.23. The number of benzene rings is 3. The van der Waals surface area contributed by atoms with Gasteiger partial charge >= 0.3 is 0 Å². The van der Waals surface area contributed by atoms with Crippen molar-refractivity contribution in [3.05, 3.63) is 73.8 Å². The first-order valence-corrected chi connectivity index (χ1v) is 12.7. The highest BCUT2D eigenvalue weighted by Crippen LogP contribution is 2.38. The van der Waals surface area contributed by atoms with Gasteiger partial charge in [0.2, 0.25) is 0 Å². The van der Waals surface area contributed by atoms with Crippen LogP contribution in [-0.4, -0.2) is 27.2 Å². The lowest BCUT2D eigenvalue weighted by molar-refractivity contribution is 0.408. The van der Waals surface area contributed by atoms with Crippen LogP contribution in [0.15, 0.2) is 18.2 Å². The van der Waals surface area contributed by atoms with Crippen molar-refractivity contribution in [3.8, 4) is 45.7 Å². The molecule has 0 saturated carbocycles. The molecule has 37 heavy (non-hydrogen) atoms. The van der Waals surface area contributed by atoms with Gasteiger partial charge in [-0.25, -0.2) is 15.0 Å². The fraction of sp³-hybridized carbons (Fsp3) is 0.344. The predicted molar refractivity (Wildman–Crippen MR) is 152 cm³/mol. The van der Waals surface area contributed by atoms with Crippen LogP contribution in [0.25, 0.3) is 34.2 Å². The molecule has 1 heterocycles. The van der Waals surface area contributed by atoms with E-state index in [0.717, 1.165) is 33.4 Å². The molecule has 0 radical (unpaired) electrons. The van der Waals surface area contributed by atoms with E-state index in [9.17, 15) is 5.11 Å². The number of hydrogen-bond acceptors (Lipinski definition) is 5. The van der Waals surface area contributed by atoms with Crippen LogP contribution in [-0.2, 0) is 0 Å². The van der Waals surface area contributed by atoms with Gasteiger partial charge in [0.05, 0.1) is 12.7 Å². The van der Waals surface area contributed by atoms with E-state index >= 15 is 0 Å². The minimum absolute atomic E-state index is 0.0665. The SMILES string of the molecule is COc1ccc(-c2nc(-c3c(C)c(C)c(C)c(C)c3C)nc(-c3c(C)c(C)c(C)c(C)c3C)n2)c(O)c1. The second-order valence-electron chi connectivity index (χ2n) is 10.2. The Balaban J connectivity index is 2.13. The van der Waals surface area contributed by atoms with E-state index in [1.165, 1.54) is 33.4 Å². The molecule has 0 aliphatic carbocycles. The van der Waals surface area contributed by atoms with Gasteiger partial charge in [0.1, 0.15) is 11.5 Å². The quantitative estimate of drug-likeness (QED) is 0.315. The third kappa shape index (κ3) is 4.26. The van der Waals surface area contributed by atoms with Crippen LogP contribution >= 0.6 is 0 Å². The lowest BCUT2D eigenvalue weighted by Gasteiger charge is -2.21. The third-order valence-electron chi connectivity index (χ3n) is 8.53. The summed E-state index contributed by atoms with van der Waals surface area (Å²) >= 11 is 0. The number of rotatable bonds is 4. The zero-order valence-electron chi connectivity index (χ0n) is 23.9. The monoisotopic (exact) mass is 495 g/mol. The van der Waals surface area contributed by atoms with Crippen molar-refractivity contribution >= 4 is 0 Å². The fourth-order valence-corrected chi connectivity index (χ4v) is 5.22. The van der Waals surface area contributed by atoms with Crippen molar-refractivity contribution in [2.24, 2.45) is 0 Å². The zero-order valence-corrected chi connectivity index (χ0v) is 23.9. The fourth-order valence-electron chi connectivity index (χ4n) is 5.22. The van der Waals surface area contributed by atoms with E-state index in [1.54, 1.807) is 19.2 Å². The summed E-state index contributed by atoms with van der Waals surface area (Å²) in [5.41, 5.74) is 14.8. The second kappa shape index (κ2) is 9.62. The van der Waals surface area contributed by atoms with Crippen molar-refractivity contribution in [1.29, 1.82) is 0 Å². The van der Waals surface area contributed by atoms with E-state index in [4.69, 9.17) is 19.7 Å². The molecule has 0 amide bonds.